The van der Waals surface area contributed by atoms with Gasteiger partial charge >= 0.3 is 0 Å². The van der Waals surface area contributed by atoms with Gasteiger partial charge in [-0.15, -0.1) is 0 Å². The Morgan fingerprint density at radius 1 is 1.50 bits per heavy atom. The monoisotopic (exact) mass is 325 g/mol. The largest absolute Gasteiger partial charge is 0.364 e. The number of aromatic nitrogens is 2. The van der Waals surface area contributed by atoms with Crippen molar-refractivity contribution in [3.8, 4) is 0 Å². The van der Waals surface area contributed by atoms with Crippen molar-refractivity contribution in [2.45, 2.75) is 6.04 Å². The second-order valence-electron chi connectivity index (χ2n) is 3.14. The molecular weight excluding hydrogens is 317 g/mol. The lowest BCUT2D eigenvalue weighted by Gasteiger charge is -2.27. The van der Waals surface area contributed by atoms with Crippen molar-refractivity contribution in [2.24, 2.45) is 0 Å². The van der Waals surface area contributed by atoms with Gasteiger partial charge in [0.2, 0.25) is 0 Å². The lowest BCUT2D eigenvalue weighted by atomic mass is 10.3. The molecule has 0 spiro atoms. The number of hydrogen-bond donors (Lipinski definition) is 1. The molecule has 2 heterocycles. The van der Waals surface area contributed by atoms with Crippen LogP contribution < -0.4 is 5.32 Å². The molecule has 0 unspecified atom stereocenters. The summed E-state index contributed by atoms with van der Waals surface area (Å²) in [5.74, 6) is 1.11. The molecule has 0 radical (unpaired) electrons. The Balaban J connectivity index is 2.03. The lowest BCUT2D eigenvalue weighted by molar-refractivity contribution is 0.570. The fourth-order valence-electron chi connectivity index (χ4n) is 1.26. The van der Waals surface area contributed by atoms with Gasteiger partial charge in [0.15, 0.2) is 9.84 Å². The number of nitrogens with zero attached hydrogens (tertiary/aromatic N) is 2. The second-order valence-corrected chi connectivity index (χ2v) is 6.45. The van der Waals surface area contributed by atoms with E-state index in [0.717, 1.165) is 3.57 Å². The van der Waals surface area contributed by atoms with E-state index in [4.69, 9.17) is 0 Å². The summed E-state index contributed by atoms with van der Waals surface area (Å²) in [5, 5.41) is 3.06. The van der Waals surface area contributed by atoms with Crippen molar-refractivity contribution in [3.63, 3.8) is 0 Å². The summed E-state index contributed by atoms with van der Waals surface area (Å²) >= 11 is 2.11. The van der Waals surface area contributed by atoms with E-state index in [1.807, 2.05) is 0 Å². The van der Waals surface area contributed by atoms with E-state index in [0.29, 0.717) is 5.82 Å². The van der Waals surface area contributed by atoms with E-state index in [1.54, 1.807) is 6.20 Å². The van der Waals surface area contributed by atoms with Gasteiger partial charge in [0, 0.05) is 6.20 Å². The molecule has 5 nitrogen and oxygen atoms in total. The zero-order valence-corrected chi connectivity index (χ0v) is 10.1. The van der Waals surface area contributed by atoms with Crippen molar-refractivity contribution in [1.29, 1.82) is 0 Å². The highest BCUT2D eigenvalue weighted by Crippen LogP contribution is 2.18. The zero-order chi connectivity index (χ0) is 10.2. The third kappa shape index (κ3) is 2.14. The van der Waals surface area contributed by atoms with Crippen LogP contribution in [-0.4, -0.2) is 35.9 Å². The van der Waals surface area contributed by atoms with Crippen LogP contribution in [0.2, 0.25) is 0 Å². The van der Waals surface area contributed by atoms with Crippen molar-refractivity contribution in [1.82, 2.24) is 9.97 Å². The first-order chi connectivity index (χ1) is 6.57. The van der Waals surface area contributed by atoms with Crippen LogP contribution in [0.5, 0.6) is 0 Å². The molecule has 2 rings (SSSR count). The van der Waals surface area contributed by atoms with Gasteiger partial charge in [0.25, 0.3) is 0 Å². The average Bonchev–Trinajstić information content (AvgIpc) is 2.05. The predicted octanol–water partition coefficient (Wildman–Crippen LogP) is 0.290. The Hall–Kier alpha value is -0.440. The number of rotatable bonds is 2. The number of halogens is 1. The number of nitrogens with one attached hydrogen (secondary N) is 1. The van der Waals surface area contributed by atoms with Crippen LogP contribution in [-0.2, 0) is 9.84 Å². The van der Waals surface area contributed by atoms with Gasteiger partial charge in [0.05, 0.1) is 21.1 Å². The SMILES string of the molecule is O=S1(=O)CC(Nc2ncncc2I)C1. The van der Waals surface area contributed by atoms with Crippen LogP contribution in [0.1, 0.15) is 0 Å². The van der Waals surface area contributed by atoms with E-state index in [9.17, 15) is 8.42 Å². The Morgan fingerprint density at radius 2 is 2.21 bits per heavy atom. The molecular formula is C7H8IN3O2S. The molecule has 0 aliphatic carbocycles. The summed E-state index contributed by atoms with van der Waals surface area (Å²) in [5.41, 5.74) is 0. The Bertz CT molecular complexity index is 436. The molecule has 0 amide bonds. The molecule has 1 aliphatic rings. The molecule has 1 aromatic heterocycles. The van der Waals surface area contributed by atoms with Crippen LogP contribution in [0, 0.1) is 3.57 Å². The van der Waals surface area contributed by atoms with Crippen LogP contribution in [0.25, 0.3) is 0 Å². The van der Waals surface area contributed by atoms with Gasteiger partial charge in [0.1, 0.15) is 12.1 Å². The van der Waals surface area contributed by atoms with Crippen molar-refractivity contribution in [2.75, 3.05) is 16.8 Å². The van der Waals surface area contributed by atoms with Gasteiger partial charge in [-0.1, -0.05) is 0 Å². The Morgan fingerprint density at radius 3 is 2.79 bits per heavy atom. The third-order valence-corrected chi connectivity index (χ3v) is 4.53. The number of hydrogen-bond acceptors (Lipinski definition) is 5. The van der Waals surface area contributed by atoms with Crippen LogP contribution in [0.3, 0.4) is 0 Å². The third-order valence-electron chi connectivity index (χ3n) is 1.92. The van der Waals surface area contributed by atoms with E-state index >= 15 is 0 Å². The van der Waals surface area contributed by atoms with Gasteiger partial charge in [-0.05, 0) is 22.6 Å². The molecule has 0 aromatic carbocycles. The maximum absolute atomic E-state index is 10.9. The van der Waals surface area contributed by atoms with E-state index in [1.165, 1.54) is 6.33 Å². The molecule has 0 bridgehead atoms. The standard InChI is InChI=1S/C7H8IN3O2S/c8-6-1-9-4-10-7(6)11-5-2-14(12,13)3-5/h1,4-5H,2-3H2,(H,9,10,11). The van der Waals surface area contributed by atoms with Crippen molar-refractivity contribution in [3.05, 3.63) is 16.1 Å². The van der Waals surface area contributed by atoms with Crippen LogP contribution in [0.15, 0.2) is 12.5 Å². The average molecular weight is 325 g/mol. The Labute approximate surface area is 95.4 Å². The zero-order valence-electron chi connectivity index (χ0n) is 7.14. The topological polar surface area (TPSA) is 72.0 Å². The predicted molar refractivity (Wildman–Crippen MR) is 60.8 cm³/mol. The second kappa shape index (κ2) is 3.61. The smallest absolute Gasteiger partial charge is 0.154 e. The molecule has 0 atom stereocenters. The van der Waals surface area contributed by atoms with Crippen LogP contribution in [0.4, 0.5) is 5.82 Å². The van der Waals surface area contributed by atoms with Gasteiger partial charge in [-0.25, -0.2) is 18.4 Å². The molecule has 1 N–H and O–H groups in total. The van der Waals surface area contributed by atoms with Gasteiger partial charge in [-0.2, -0.15) is 0 Å². The fraction of sp³-hybridized carbons (Fsp3) is 0.429. The summed E-state index contributed by atoms with van der Waals surface area (Å²) in [7, 11) is -2.77. The first-order valence-electron chi connectivity index (χ1n) is 3.99. The van der Waals surface area contributed by atoms with Crippen molar-refractivity contribution >= 4 is 38.2 Å². The molecule has 1 saturated heterocycles. The van der Waals surface area contributed by atoms with Crippen molar-refractivity contribution < 1.29 is 8.42 Å². The first-order valence-corrected chi connectivity index (χ1v) is 6.89. The number of sulfone groups is 1. The summed E-state index contributed by atoms with van der Waals surface area (Å²) in [6.45, 7) is 0. The highest BCUT2D eigenvalue weighted by molar-refractivity contribution is 14.1. The van der Waals surface area contributed by atoms with Crippen LogP contribution >= 0.6 is 22.6 Å². The summed E-state index contributed by atoms with van der Waals surface area (Å²) in [6, 6.07) is 0.00316. The Kier molecular flexibility index (Phi) is 2.60. The minimum absolute atomic E-state index is 0.00316. The summed E-state index contributed by atoms with van der Waals surface area (Å²) < 4.78 is 22.7. The van der Waals surface area contributed by atoms with E-state index in [-0.39, 0.29) is 17.5 Å². The lowest BCUT2D eigenvalue weighted by Crippen LogP contribution is -2.46. The minimum Gasteiger partial charge on any atom is -0.364 e. The quantitative estimate of drug-likeness (QED) is 0.792. The molecule has 0 saturated carbocycles. The highest BCUT2D eigenvalue weighted by Gasteiger charge is 2.33. The minimum atomic E-state index is -2.77. The maximum Gasteiger partial charge on any atom is 0.154 e. The first kappa shape index (κ1) is 10.1. The molecule has 76 valence electrons. The number of anilines is 1. The normalized spacial score (nSPS) is 20.1. The fourth-order valence-corrected chi connectivity index (χ4v) is 3.01. The van der Waals surface area contributed by atoms with Gasteiger partial charge in [-0.3, -0.25) is 0 Å². The molecule has 1 aliphatic heterocycles. The molecule has 14 heavy (non-hydrogen) atoms. The summed E-state index contributed by atoms with van der Waals surface area (Å²) in [6.07, 6.45) is 3.13. The molecule has 7 heteroatoms. The van der Waals surface area contributed by atoms with E-state index in [2.05, 4.69) is 37.9 Å². The highest BCUT2D eigenvalue weighted by atomic mass is 127. The maximum atomic E-state index is 10.9. The molecule has 1 fully saturated rings. The van der Waals surface area contributed by atoms with E-state index < -0.39 is 9.84 Å². The van der Waals surface area contributed by atoms with Gasteiger partial charge < -0.3 is 5.32 Å². The molecule has 1 aromatic rings. The summed E-state index contributed by atoms with van der Waals surface area (Å²) in [4.78, 5) is 7.87.